The first-order chi connectivity index (χ1) is 12.6. The number of rotatable bonds is 9. The van der Waals surface area contributed by atoms with Crippen molar-refractivity contribution < 1.29 is 18.3 Å². The van der Waals surface area contributed by atoms with Crippen LogP contribution in [0.3, 0.4) is 0 Å². The minimum absolute atomic E-state index is 0.0253. The first-order valence-corrected chi connectivity index (χ1v) is 11.0. The van der Waals surface area contributed by atoms with E-state index in [2.05, 4.69) is 37.4 Å². The molecule has 27 heavy (non-hydrogen) atoms. The number of carboxylic acid groups (broad SMARTS) is 1. The molecule has 0 bridgehead atoms. The molecule has 0 saturated carbocycles. The van der Waals surface area contributed by atoms with Crippen LogP contribution in [0.4, 0.5) is 11.5 Å². The maximum Gasteiger partial charge on any atom is 0.339 e. The number of carboxylic acids is 1. The van der Waals surface area contributed by atoms with Gasteiger partial charge in [-0.2, -0.15) is 0 Å². The molecule has 0 amide bonds. The van der Waals surface area contributed by atoms with Gasteiger partial charge in [-0.3, -0.25) is 4.72 Å². The molecule has 0 aliphatic rings. The summed E-state index contributed by atoms with van der Waals surface area (Å²) in [6, 6.07) is 4.45. The number of nitrogens with zero attached hydrogens (tertiary/aromatic N) is 2. The van der Waals surface area contributed by atoms with Crippen LogP contribution in [0.1, 0.15) is 38.1 Å². The number of pyridine rings is 1. The fourth-order valence-electron chi connectivity index (χ4n) is 2.67. The fraction of sp³-hybridized carbons (Fsp3) is 0.444. The van der Waals surface area contributed by atoms with Crippen molar-refractivity contribution >= 4 is 38.8 Å². The molecule has 0 spiro atoms. The predicted molar refractivity (Wildman–Crippen MR) is 108 cm³/mol. The zero-order valence-corrected chi connectivity index (χ0v) is 17.5. The van der Waals surface area contributed by atoms with Gasteiger partial charge in [-0.05, 0) is 29.3 Å². The molecule has 2 aromatic rings. The Bertz CT molecular complexity index is 868. The second-order valence-corrected chi connectivity index (χ2v) is 9.99. The summed E-state index contributed by atoms with van der Waals surface area (Å²) in [4.78, 5) is 18.0. The maximum atomic E-state index is 12.4. The van der Waals surface area contributed by atoms with E-state index in [1.54, 1.807) is 11.4 Å². The molecule has 2 heterocycles. The van der Waals surface area contributed by atoms with E-state index in [9.17, 15) is 18.3 Å². The Morgan fingerprint density at radius 1 is 1.26 bits per heavy atom. The number of thiophene rings is 1. The third-order valence-corrected chi connectivity index (χ3v) is 6.36. The zero-order chi connectivity index (χ0) is 20.2. The standard InChI is InChI=1S/C18H25N3O4S2/c1-12(2)10-21(11-13(3)4)17-15(18(22)23)8-14(9-19-17)20-27(24,25)16-6-5-7-26-16/h5-9,12-13,20H,10-11H2,1-4H3,(H,22,23). The van der Waals surface area contributed by atoms with Crippen molar-refractivity contribution in [1.82, 2.24) is 4.98 Å². The van der Waals surface area contributed by atoms with Crippen molar-refractivity contribution in [2.75, 3.05) is 22.7 Å². The van der Waals surface area contributed by atoms with Crippen LogP contribution in [0.15, 0.2) is 34.0 Å². The van der Waals surface area contributed by atoms with E-state index < -0.39 is 16.0 Å². The van der Waals surface area contributed by atoms with Crippen LogP contribution >= 0.6 is 11.3 Å². The molecule has 7 nitrogen and oxygen atoms in total. The lowest BCUT2D eigenvalue weighted by molar-refractivity contribution is 0.0697. The van der Waals surface area contributed by atoms with Crippen LogP contribution in [-0.2, 0) is 10.0 Å². The molecule has 0 saturated heterocycles. The molecule has 2 aromatic heterocycles. The van der Waals surface area contributed by atoms with Crippen molar-refractivity contribution in [2.45, 2.75) is 31.9 Å². The molecule has 0 aromatic carbocycles. The SMILES string of the molecule is CC(C)CN(CC(C)C)c1ncc(NS(=O)(=O)c2cccs2)cc1C(=O)O. The van der Waals surface area contributed by atoms with E-state index in [0.29, 0.717) is 30.7 Å². The molecule has 9 heteroatoms. The van der Waals surface area contributed by atoms with Crippen molar-refractivity contribution in [3.05, 3.63) is 35.3 Å². The quantitative estimate of drug-likeness (QED) is 0.652. The second kappa shape index (κ2) is 8.71. The summed E-state index contributed by atoms with van der Waals surface area (Å²) < 4.78 is 27.3. The summed E-state index contributed by atoms with van der Waals surface area (Å²) in [6.07, 6.45) is 1.36. The second-order valence-electron chi connectivity index (χ2n) is 7.13. The number of aromatic carboxylic acids is 1. The third-order valence-electron chi connectivity index (χ3n) is 3.58. The van der Waals surface area contributed by atoms with Crippen LogP contribution in [0.25, 0.3) is 0 Å². The molecule has 0 aliphatic carbocycles. The van der Waals surface area contributed by atoms with E-state index in [1.165, 1.54) is 18.3 Å². The minimum atomic E-state index is -3.76. The lowest BCUT2D eigenvalue weighted by Gasteiger charge is -2.28. The molecular weight excluding hydrogens is 386 g/mol. The van der Waals surface area contributed by atoms with Gasteiger partial charge in [0.05, 0.1) is 11.9 Å². The summed E-state index contributed by atoms with van der Waals surface area (Å²) in [5.41, 5.74) is 0.0984. The highest BCUT2D eigenvalue weighted by Crippen LogP contribution is 2.26. The van der Waals surface area contributed by atoms with Gasteiger partial charge in [-0.1, -0.05) is 33.8 Å². The molecule has 0 radical (unpaired) electrons. The molecule has 0 unspecified atom stereocenters. The number of sulfonamides is 1. The van der Waals surface area contributed by atoms with Gasteiger partial charge in [0, 0.05) is 13.1 Å². The Balaban J connectivity index is 2.39. The lowest BCUT2D eigenvalue weighted by atomic mass is 10.1. The number of hydrogen-bond acceptors (Lipinski definition) is 6. The van der Waals surface area contributed by atoms with E-state index >= 15 is 0 Å². The Morgan fingerprint density at radius 3 is 2.37 bits per heavy atom. The lowest BCUT2D eigenvalue weighted by Crippen LogP contribution is -2.33. The average molecular weight is 412 g/mol. The fourth-order valence-corrected chi connectivity index (χ4v) is 4.70. The highest BCUT2D eigenvalue weighted by Gasteiger charge is 2.22. The summed E-state index contributed by atoms with van der Waals surface area (Å²) >= 11 is 1.09. The summed E-state index contributed by atoms with van der Waals surface area (Å²) in [5.74, 6) is -0.149. The van der Waals surface area contributed by atoms with Crippen molar-refractivity contribution in [1.29, 1.82) is 0 Å². The summed E-state index contributed by atoms with van der Waals surface area (Å²) in [7, 11) is -3.76. The van der Waals surface area contributed by atoms with Gasteiger partial charge < -0.3 is 10.0 Å². The molecular formula is C18H25N3O4S2. The minimum Gasteiger partial charge on any atom is -0.478 e. The van der Waals surface area contributed by atoms with Crippen LogP contribution in [0.5, 0.6) is 0 Å². The van der Waals surface area contributed by atoms with E-state index in [1.807, 2.05) is 4.90 Å². The van der Waals surface area contributed by atoms with Crippen LogP contribution < -0.4 is 9.62 Å². The van der Waals surface area contributed by atoms with Crippen molar-refractivity contribution in [2.24, 2.45) is 11.8 Å². The van der Waals surface area contributed by atoms with Gasteiger partial charge >= 0.3 is 5.97 Å². The van der Waals surface area contributed by atoms with Crippen molar-refractivity contribution in [3.63, 3.8) is 0 Å². The number of aromatic nitrogens is 1. The number of hydrogen-bond donors (Lipinski definition) is 2. The molecule has 2 N–H and O–H groups in total. The molecule has 0 fully saturated rings. The Hall–Kier alpha value is -2.13. The maximum absolute atomic E-state index is 12.4. The van der Waals surface area contributed by atoms with Crippen LogP contribution in [-0.4, -0.2) is 37.6 Å². The highest BCUT2D eigenvalue weighted by molar-refractivity contribution is 7.94. The topological polar surface area (TPSA) is 99.6 Å². The Morgan fingerprint density at radius 2 is 1.89 bits per heavy atom. The van der Waals surface area contributed by atoms with Gasteiger partial charge in [0.25, 0.3) is 10.0 Å². The molecule has 0 aliphatic heterocycles. The Labute approximate surface area is 164 Å². The molecule has 148 valence electrons. The number of anilines is 2. The summed E-state index contributed by atoms with van der Waals surface area (Å²) in [6.45, 7) is 9.53. The van der Waals surface area contributed by atoms with E-state index in [-0.39, 0.29) is 15.5 Å². The smallest absolute Gasteiger partial charge is 0.339 e. The van der Waals surface area contributed by atoms with Gasteiger partial charge in [-0.25, -0.2) is 18.2 Å². The molecule has 2 rings (SSSR count). The first-order valence-electron chi connectivity index (χ1n) is 8.64. The zero-order valence-electron chi connectivity index (χ0n) is 15.8. The number of nitrogens with one attached hydrogen (secondary N) is 1. The van der Waals surface area contributed by atoms with E-state index in [0.717, 1.165) is 11.3 Å². The normalized spacial score (nSPS) is 11.8. The third kappa shape index (κ3) is 5.67. The summed E-state index contributed by atoms with van der Waals surface area (Å²) in [5, 5.41) is 11.3. The predicted octanol–water partition coefficient (Wildman–Crippen LogP) is 3.76. The Kier molecular flexibility index (Phi) is 6.83. The van der Waals surface area contributed by atoms with Gasteiger partial charge in [0.2, 0.25) is 0 Å². The van der Waals surface area contributed by atoms with Gasteiger partial charge in [0.15, 0.2) is 0 Å². The monoisotopic (exact) mass is 411 g/mol. The average Bonchev–Trinajstić information content (AvgIpc) is 3.08. The van der Waals surface area contributed by atoms with Crippen LogP contribution in [0.2, 0.25) is 0 Å². The highest BCUT2D eigenvalue weighted by atomic mass is 32.2. The number of carbonyl (C=O) groups is 1. The van der Waals surface area contributed by atoms with Gasteiger partial charge in [0.1, 0.15) is 15.6 Å². The van der Waals surface area contributed by atoms with Gasteiger partial charge in [-0.15, -0.1) is 11.3 Å². The van der Waals surface area contributed by atoms with Crippen molar-refractivity contribution in [3.8, 4) is 0 Å². The molecule has 0 atom stereocenters. The van der Waals surface area contributed by atoms with Crippen LogP contribution in [0, 0.1) is 11.8 Å². The largest absolute Gasteiger partial charge is 0.478 e. The van der Waals surface area contributed by atoms with E-state index in [4.69, 9.17) is 0 Å². The first kappa shape index (κ1) is 21.2.